The lowest BCUT2D eigenvalue weighted by Crippen LogP contribution is -2.16. The second kappa shape index (κ2) is 13.2. The molecule has 9 nitrogen and oxygen atoms in total. The van der Waals surface area contributed by atoms with Crippen LogP contribution in [0.4, 0.5) is 5.69 Å². The fourth-order valence-electron chi connectivity index (χ4n) is 3.49. The van der Waals surface area contributed by atoms with Crippen LogP contribution in [-0.2, 0) is 16.1 Å². The van der Waals surface area contributed by atoms with Gasteiger partial charge in [-0.1, -0.05) is 41.6 Å². The Hall–Kier alpha value is -4.02. The van der Waals surface area contributed by atoms with Crippen molar-refractivity contribution in [3.8, 4) is 17.2 Å². The van der Waals surface area contributed by atoms with E-state index in [0.29, 0.717) is 33.0 Å². The van der Waals surface area contributed by atoms with E-state index in [1.165, 1.54) is 17.8 Å². The molecular weight excluding hydrogens is 540 g/mol. The van der Waals surface area contributed by atoms with Crippen LogP contribution in [0.25, 0.3) is 5.69 Å². The molecule has 0 saturated carbocycles. The number of nitrogens with zero attached hydrogens (tertiary/aromatic N) is 3. The quantitative estimate of drug-likeness (QED) is 0.179. The fraction of sp³-hybridized carbons (Fsp3) is 0.214. The van der Waals surface area contributed by atoms with Crippen LogP contribution in [0.3, 0.4) is 0 Å². The summed E-state index contributed by atoms with van der Waals surface area (Å²) in [6, 6.07) is 21.4. The summed E-state index contributed by atoms with van der Waals surface area (Å²) in [5, 5.41) is 12.2. The topological polar surface area (TPSA) is 105 Å². The summed E-state index contributed by atoms with van der Waals surface area (Å²) in [7, 11) is 1.60. The summed E-state index contributed by atoms with van der Waals surface area (Å²) in [5.74, 6) is 1.17. The molecular formula is C28H27ClN4O5S. The van der Waals surface area contributed by atoms with E-state index in [4.69, 9.17) is 25.8 Å². The van der Waals surface area contributed by atoms with Gasteiger partial charge >= 0.3 is 5.97 Å². The van der Waals surface area contributed by atoms with Crippen LogP contribution in [0, 0.1) is 0 Å². The molecule has 11 heteroatoms. The molecule has 0 radical (unpaired) electrons. The van der Waals surface area contributed by atoms with Crippen LogP contribution in [0.2, 0.25) is 5.02 Å². The van der Waals surface area contributed by atoms with Gasteiger partial charge in [0.25, 0.3) is 0 Å². The van der Waals surface area contributed by atoms with E-state index in [0.717, 1.165) is 11.4 Å². The lowest BCUT2D eigenvalue weighted by Gasteiger charge is -2.12. The van der Waals surface area contributed by atoms with E-state index in [1.54, 1.807) is 33.1 Å². The lowest BCUT2D eigenvalue weighted by molar-refractivity contribution is -0.113. The number of halogens is 1. The van der Waals surface area contributed by atoms with Crippen molar-refractivity contribution in [1.82, 2.24) is 14.8 Å². The highest BCUT2D eigenvalue weighted by Gasteiger charge is 2.18. The maximum Gasteiger partial charge on any atom is 0.338 e. The Morgan fingerprint density at radius 3 is 2.41 bits per heavy atom. The molecule has 0 unspecified atom stereocenters. The molecule has 1 amide bonds. The minimum Gasteiger partial charge on any atom is -0.497 e. The average Bonchev–Trinajstić information content (AvgIpc) is 3.35. The highest BCUT2D eigenvalue weighted by atomic mass is 35.5. The van der Waals surface area contributed by atoms with Crippen molar-refractivity contribution >= 4 is 40.9 Å². The fourth-order valence-corrected chi connectivity index (χ4v) is 4.43. The van der Waals surface area contributed by atoms with Gasteiger partial charge in [0, 0.05) is 5.69 Å². The molecule has 0 aliphatic heterocycles. The van der Waals surface area contributed by atoms with Gasteiger partial charge in [-0.3, -0.25) is 9.36 Å². The molecule has 0 spiro atoms. The van der Waals surface area contributed by atoms with E-state index >= 15 is 0 Å². The maximum absolute atomic E-state index is 12.8. The third-order valence-corrected chi connectivity index (χ3v) is 6.55. The number of anilines is 1. The Labute approximate surface area is 235 Å². The number of aromatic nitrogens is 3. The normalized spacial score (nSPS) is 10.8. The molecule has 1 aromatic heterocycles. The molecule has 202 valence electrons. The Kier molecular flexibility index (Phi) is 9.45. The zero-order valence-corrected chi connectivity index (χ0v) is 23.2. The van der Waals surface area contributed by atoms with Crippen molar-refractivity contribution in [3.63, 3.8) is 0 Å². The van der Waals surface area contributed by atoms with E-state index in [2.05, 4.69) is 15.5 Å². The van der Waals surface area contributed by atoms with Gasteiger partial charge < -0.3 is 19.5 Å². The van der Waals surface area contributed by atoms with Gasteiger partial charge in [-0.05, 0) is 68.4 Å². The van der Waals surface area contributed by atoms with Crippen LogP contribution >= 0.6 is 23.4 Å². The number of amides is 1. The van der Waals surface area contributed by atoms with Crippen molar-refractivity contribution in [3.05, 3.63) is 89.2 Å². The van der Waals surface area contributed by atoms with Crippen molar-refractivity contribution < 1.29 is 23.8 Å². The van der Waals surface area contributed by atoms with E-state index < -0.39 is 5.97 Å². The predicted octanol–water partition coefficient (Wildman–Crippen LogP) is 5.80. The van der Waals surface area contributed by atoms with Gasteiger partial charge in [0.2, 0.25) is 5.91 Å². The number of carbonyl (C=O) groups excluding carboxylic acids is 2. The zero-order chi connectivity index (χ0) is 27.8. The van der Waals surface area contributed by atoms with Crippen LogP contribution in [0.15, 0.2) is 78.0 Å². The lowest BCUT2D eigenvalue weighted by atomic mass is 10.2. The van der Waals surface area contributed by atoms with Gasteiger partial charge in [0.15, 0.2) is 11.0 Å². The van der Waals surface area contributed by atoms with Crippen LogP contribution in [-0.4, -0.2) is 45.6 Å². The molecule has 1 N–H and O–H groups in total. The molecule has 39 heavy (non-hydrogen) atoms. The second-order valence-corrected chi connectivity index (χ2v) is 9.87. The number of methoxy groups -OCH3 is 1. The third-order valence-electron chi connectivity index (χ3n) is 5.29. The first-order chi connectivity index (χ1) is 18.8. The molecule has 1 heterocycles. The molecule has 0 atom stereocenters. The Bertz CT molecular complexity index is 1430. The van der Waals surface area contributed by atoms with Crippen molar-refractivity contribution in [2.24, 2.45) is 0 Å². The maximum atomic E-state index is 12.8. The molecule has 0 aliphatic carbocycles. The molecule has 0 aliphatic rings. The first-order valence-electron chi connectivity index (χ1n) is 12.0. The highest BCUT2D eigenvalue weighted by Crippen LogP contribution is 2.26. The van der Waals surface area contributed by atoms with Gasteiger partial charge in [-0.25, -0.2) is 4.79 Å². The number of para-hydroxylation sites is 1. The zero-order valence-electron chi connectivity index (χ0n) is 21.6. The van der Waals surface area contributed by atoms with Gasteiger partial charge in [-0.15, -0.1) is 10.2 Å². The van der Waals surface area contributed by atoms with Crippen molar-refractivity contribution in [2.75, 3.05) is 18.2 Å². The number of ether oxygens (including phenoxy) is 3. The van der Waals surface area contributed by atoms with E-state index in [1.807, 2.05) is 59.2 Å². The Morgan fingerprint density at radius 1 is 1.00 bits per heavy atom. The van der Waals surface area contributed by atoms with E-state index in [9.17, 15) is 9.59 Å². The number of hydrogen-bond acceptors (Lipinski definition) is 8. The van der Waals surface area contributed by atoms with Gasteiger partial charge in [-0.2, -0.15) is 0 Å². The average molecular weight is 567 g/mol. The molecule has 4 aromatic rings. The van der Waals surface area contributed by atoms with Gasteiger partial charge in [0.05, 0.1) is 35.2 Å². The number of rotatable bonds is 11. The number of carbonyl (C=O) groups is 2. The van der Waals surface area contributed by atoms with Gasteiger partial charge in [0.1, 0.15) is 18.1 Å². The monoisotopic (exact) mass is 566 g/mol. The molecule has 3 aromatic carbocycles. The molecule has 0 bridgehead atoms. The number of benzene rings is 3. The minimum atomic E-state index is -0.494. The van der Waals surface area contributed by atoms with Crippen LogP contribution in [0.5, 0.6) is 11.5 Å². The molecule has 0 saturated heterocycles. The smallest absolute Gasteiger partial charge is 0.338 e. The number of thioether (sulfide) groups is 1. The first kappa shape index (κ1) is 28.0. The SMILES string of the molecule is COc1ccc(OCc2nnc(SCC(=O)Nc3cc(C(=O)OC(C)C)ccc3Cl)n2-c2ccccc2)cc1. The van der Waals surface area contributed by atoms with Crippen LogP contribution in [0.1, 0.15) is 30.0 Å². The van der Waals surface area contributed by atoms with Crippen molar-refractivity contribution in [2.45, 2.75) is 31.7 Å². The first-order valence-corrected chi connectivity index (χ1v) is 13.4. The summed E-state index contributed by atoms with van der Waals surface area (Å²) in [5.41, 5.74) is 1.44. The number of esters is 1. The minimum absolute atomic E-state index is 0.0291. The Morgan fingerprint density at radius 2 is 1.72 bits per heavy atom. The van der Waals surface area contributed by atoms with Crippen molar-refractivity contribution in [1.29, 1.82) is 0 Å². The molecule has 0 fully saturated rings. The number of nitrogens with one attached hydrogen (secondary N) is 1. The summed E-state index contributed by atoms with van der Waals surface area (Å²) in [6.45, 7) is 3.69. The molecule has 4 rings (SSSR count). The van der Waals surface area contributed by atoms with Crippen LogP contribution < -0.4 is 14.8 Å². The number of hydrogen-bond donors (Lipinski definition) is 1. The summed E-state index contributed by atoms with van der Waals surface area (Å²) in [4.78, 5) is 25.1. The largest absolute Gasteiger partial charge is 0.497 e. The second-order valence-electron chi connectivity index (χ2n) is 8.52. The Balaban J connectivity index is 1.46. The summed E-state index contributed by atoms with van der Waals surface area (Å²) in [6.07, 6.45) is -0.268. The standard InChI is InChI=1S/C28H27ClN4O5S/c1-18(2)38-27(35)19-9-14-23(29)24(15-19)30-26(34)17-39-28-32-31-25(33(28)20-7-5-4-6-8-20)16-37-22-12-10-21(36-3)11-13-22/h4-15,18H,16-17H2,1-3H3,(H,30,34). The predicted molar refractivity (Wildman–Crippen MR) is 150 cm³/mol. The third kappa shape index (κ3) is 7.52. The van der Waals surface area contributed by atoms with E-state index in [-0.39, 0.29) is 24.4 Å². The summed E-state index contributed by atoms with van der Waals surface area (Å²) >= 11 is 7.47. The highest BCUT2D eigenvalue weighted by molar-refractivity contribution is 7.99. The summed E-state index contributed by atoms with van der Waals surface area (Å²) < 4.78 is 18.2.